The van der Waals surface area contributed by atoms with E-state index in [1.54, 1.807) is 0 Å². The number of hydrogen-bond donors (Lipinski definition) is 1. The van der Waals surface area contributed by atoms with Crippen LogP contribution in [0.2, 0.25) is 0 Å². The largest absolute Gasteiger partial charge is 0.458 e. The van der Waals surface area contributed by atoms with Gasteiger partial charge in [0.25, 0.3) is 0 Å². The zero-order valence-corrected chi connectivity index (χ0v) is 11.7. The number of halogens is 1. The number of allylic oxidation sites excluding steroid dienone is 1. The lowest BCUT2D eigenvalue weighted by Crippen LogP contribution is -2.14. The van der Waals surface area contributed by atoms with Gasteiger partial charge < -0.3 is 10.2 Å². The van der Waals surface area contributed by atoms with Gasteiger partial charge in [0.05, 0.1) is 10.5 Å². The zero-order chi connectivity index (χ0) is 12.5. The molecule has 0 saturated heterocycles. The fourth-order valence-corrected chi connectivity index (χ4v) is 2.99. The van der Waals surface area contributed by atoms with E-state index in [9.17, 15) is 0 Å². The van der Waals surface area contributed by atoms with E-state index in [2.05, 4.69) is 34.1 Å². The molecular formula is C15H16BrNO. The average molecular weight is 306 g/mol. The van der Waals surface area contributed by atoms with Crippen molar-refractivity contribution in [2.45, 2.75) is 31.7 Å². The quantitative estimate of drug-likeness (QED) is 0.817. The Morgan fingerprint density at radius 3 is 2.89 bits per heavy atom. The number of furan rings is 1. The standard InChI is InChI=1S/C15H16BrNO/c16-12-8-4-7-11-9-13(18-15(11)12)14(17)10-5-2-1-3-6-10/h4-5,7-9,14H,1-3,6,17H2. The number of nitrogens with two attached hydrogens (primary N) is 1. The summed E-state index contributed by atoms with van der Waals surface area (Å²) in [6.45, 7) is 0. The Labute approximate surface area is 115 Å². The molecule has 2 nitrogen and oxygen atoms in total. The maximum Gasteiger partial charge on any atom is 0.148 e. The van der Waals surface area contributed by atoms with E-state index < -0.39 is 0 Å². The molecule has 2 aromatic rings. The number of hydrogen-bond acceptors (Lipinski definition) is 2. The molecule has 1 atom stereocenters. The molecule has 0 spiro atoms. The van der Waals surface area contributed by atoms with E-state index in [-0.39, 0.29) is 6.04 Å². The molecule has 0 fully saturated rings. The maximum absolute atomic E-state index is 6.31. The summed E-state index contributed by atoms with van der Waals surface area (Å²) in [4.78, 5) is 0. The number of benzene rings is 1. The normalized spacial score (nSPS) is 17.8. The highest BCUT2D eigenvalue weighted by Crippen LogP contribution is 2.33. The van der Waals surface area contributed by atoms with Crippen LogP contribution in [0.5, 0.6) is 0 Å². The van der Waals surface area contributed by atoms with Gasteiger partial charge in [-0.3, -0.25) is 0 Å². The van der Waals surface area contributed by atoms with Crippen LogP contribution in [-0.2, 0) is 0 Å². The Morgan fingerprint density at radius 1 is 1.28 bits per heavy atom. The van der Waals surface area contributed by atoms with Crippen LogP contribution >= 0.6 is 15.9 Å². The molecule has 1 aliphatic rings. The van der Waals surface area contributed by atoms with Crippen LogP contribution < -0.4 is 5.73 Å². The second-order valence-electron chi connectivity index (χ2n) is 4.81. The molecular weight excluding hydrogens is 290 g/mol. The lowest BCUT2D eigenvalue weighted by atomic mass is 9.93. The number of para-hydroxylation sites is 1. The Kier molecular flexibility index (Phi) is 3.27. The number of fused-ring (bicyclic) bond motifs is 1. The summed E-state index contributed by atoms with van der Waals surface area (Å²) in [6, 6.07) is 8.01. The Balaban J connectivity index is 1.99. The minimum absolute atomic E-state index is 0.0930. The van der Waals surface area contributed by atoms with Gasteiger partial charge in [-0.15, -0.1) is 0 Å². The van der Waals surface area contributed by atoms with E-state index in [1.165, 1.54) is 18.4 Å². The monoisotopic (exact) mass is 305 g/mol. The van der Waals surface area contributed by atoms with Gasteiger partial charge in [-0.2, -0.15) is 0 Å². The zero-order valence-electron chi connectivity index (χ0n) is 10.2. The molecule has 18 heavy (non-hydrogen) atoms. The molecule has 0 bridgehead atoms. The van der Waals surface area contributed by atoms with Crippen molar-refractivity contribution in [2.24, 2.45) is 5.73 Å². The lowest BCUT2D eigenvalue weighted by molar-refractivity contribution is 0.506. The third kappa shape index (κ3) is 2.13. The molecule has 2 N–H and O–H groups in total. The molecule has 3 rings (SSSR count). The summed E-state index contributed by atoms with van der Waals surface area (Å²) in [7, 11) is 0. The second-order valence-corrected chi connectivity index (χ2v) is 5.66. The average Bonchev–Trinajstić information content (AvgIpc) is 2.84. The lowest BCUT2D eigenvalue weighted by Gasteiger charge is -2.17. The van der Waals surface area contributed by atoms with E-state index in [4.69, 9.17) is 10.2 Å². The Morgan fingerprint density at radius 2 is 2.17 bits per heavy atom. The summed E-state index contributed by atoms with van der Waals surface area (Å²) in [5.74, 6) is 0.866. The van der Waals surface area contributed by atoms with Crippen LogP contribution in [0.25, 0.3) is 11.0 Å². The minimum atomic E-state index is -0.0930. The summed E-state index contributed by atoms with van der Waals surface area (Å²) >= 11 is 3.51. The maximum atomic E-state index is 6.31. The summed E-state index contributed by atoms with van der Waals surface area (Å²) in [5, 5.41) is 1.10. The molecule has 94 valence electrons. The van der Waals surface area contributed by atoms with E-state index in [0.717, 1.165) is 34.0 Å². The first-order chi connectivity index (χ1) is 8.75. The second kappa shape index (κ2) is 4.90. The van der Waals surface area contributed by atoms with Crippen molar-refractivity contribution in [3.63, 3.8) is 0 Å². The SMILES string of the molecule is NC(C1=CCCCC1)c1cc2cccc(Br)c2o1. The number of rotatable bonds is 2. The molecule has 0 amide bonds. The first kappa shape index (κ1) is 12.0. The third-order valence-electron chi connectivity index (χ3n) is 3.55. The molecule has 3 heteroatoms. The van der Waals surface area contributed by atoms with Crippen molar-refractivity contribution in [3.8, 4) is 0 Å². The van der Waals surface area contributed by atoms with Crippen LogP contribution in [0.3, 0.4) is 0 Å². The van der Waals surface area contributed by atoms with E-state index in [1.807, 2.05) is 12.1 Å². The molecule has 1 aromatic carbocycles. The van der Waals surface area contributed by atoms with Gasteiger partial charge in [0.15, 0.2) is 0 Å². The van der Waals surface area contributed by atoms with Crippen LogP contribution in [-0.4, -0.2) is 0 Å². The van der Waals surface area contributed by atoms with Crippen molar-refractivity contribution in [1.29, 1.82) is 0 Å². The molecule has 1 aromatic heterocycles. The molecule has 1 unspecified atom stereocenters. The molecule has 0 radical (unpaired) electrons. The molecule has 1 heterocycles. The van der Waals surface area contributed by atoms with Crippen LogP contribution in [0.15, 0.2) is 44.8 Å². The summed E-state index contributed by atoms with van der Waals surface area (Å²) in [5.41, 5.74) is 8.51. The van der Waals surface area contributed by atoms with Crippen molar-refractivity contribution >= 4 is 26.9 Å². The topological polar surface area (TPSA) is 39.2 Å². The van der Waals surface area contributed by atoms with Crippen molar-refractivity contribution in [3.05, 3.63) is 46.1 Å². The first-order valence-electron chi connectivity index (χ1n) is 6.38. The summed E-state index contributed by atoms with van der Waals surface area (Å²) < 4.78 is 6.88. The highest BCUT2D eigenvalue weighted by molar-refractivity contribution is 9.10. The predicted octanol–water partition coefficient (Wildman–Crippen LogP) is 4.70. The van der Waals surface area contributed by atoms with Crippen LogP contribution in [0, 0.1) is 0 Å². The van der Waals surface area contributed by atoms with Gasteiger partial charge in [0.2, 0.25) is 0 Å². The first-order valence-corrected chi connectivity index (χ1v) is 7.17. The van der Waals surface area contributed by atoms with E-state index in [0.29, 0.717) is 0 Å². The molecule has 0 saturated carbocycles. The smallest absolute Gasteiger partial charge is 0.148 e. The highest BCUT2D eigenvalue weighted by Gasteiger charge is 2.18. The van der Waals surface area contributed by atoms with Gasteiger partial charge >= 0.3 is 0 Å². The Bertz CT molecular complexity index is 600. The molecule has 0 aliphatic heterocycles. The van der Waals surface area contributed by atoms with Crippen molar-refractivity contribution < 1.29 is 4.42 Å². The predicted molar refractivity (Wildman–Crippen MR) is 77.4 cm³/mol. The van der Waals surface area contributed by atoms with Gasteiger partial charge in [-0.25, -0.2) is 0 Å². The van der Waals surface area contributed by atoms with Crippen LogP contribution in [0.4, 0.5) is 0 Å². The molecule has 1 aliphatic carbocycles. The van der Waals surface area contributed by atoms with Crippen molar-refractivity contribution in [2.75, 3.05) is 0 Å². The van der Waals surface area contributed by atoms with E-state index >= 15 is 0 Å². The summed E-state index contributed by atoms with van der Waals surface area (Å²) in [6.07, 6.45) is 7.04. The van der Waals surface area contributed by atoms with Gasteiger partial charge in [0, 0.05) is 5.39 Å². The fourth-order valence-electron chi connectivity index (χ4n) is 2.53. The minimum Gasteiger partial charge on any atom is -0.458 e. The fraction of sp³-hybridized carbons (Fsp3) is 0.333. The van der Waals surface area contributed by atoms with Crippen molar-refractivity contribution in [1.82, 2.24) is 0 Å². The Hall–Kier alpha value is -1.06. The van der Waals surface area contributed by atoms with Gasteiger partial charge in [-0.1, -0.05) is 18.2 Å². The highest BCUT2D eigenvalue weighted by atomic mass is 79.9. The van der Waals surface area contributed by atoms with Gasteiger partial charge in [0.1, 0.15) is 11.3 Å². The third-order valence-corrected chi connectivity index (χ3v) is 4.17. The van der Waals surface area contributed by atoms with Gasteiger partial charge in [-0.05, 0) is 59.3 Å². The van der Waals surface area contributed by atoms with Crippen LogP contribution in [0.1, 0.15) is 37.5 Å².